The van der Waals surface area contributed by atoms with Crippen molar-refractivity contribution in [2.75, 3.05) is 7.11 Å². The summed E-state index contributed by atoms with van der Waals surface area (Å²) in [6, 6.07) is 15.8. The number of aromatic nitrogens is 1. The highest BCUT2D eigenvalue weighted by Gasteiger charge is 2.15. The topological polar surface area (TPSA) is 56.9 Å². The molecular formula is C20H20N2O3. The molecule has 25 heavy (non-hydrogen) atoms. The molecule has 2 aromatic carbocycles. The van der Waals surface area contributed by atoms with Gasteiger partial charge in [0, 0.05) is 11.6 Å². The highest BCUT2D eigenvalue weighted by Crippen LogP contribution is 2.22. The summed E-state index contributed by atoms with van der Waals surface area (Å²) in [6.07, 6.45) is 1.51. The minimum atomic E-state index is 0.418. The van der Waals surface area contributed by atoms with Crippen LogP contribution in [0.15, 0.2) is 64.5 Å². The van der Waals surface area contributed by atoms with Crippen molar-refractivity contribution in [1.82, 2.24) is 5.16 Å². The summed E-state index contributed by atoms with van der Waals surface area (Å²) < 4.78 is 11.0. The van der Waals surface area contributed by atoms with E-state index < -0.39 is 0 Å². The molecule has 3 rings (SSSR count). The number of aryl methyl sites for hydroxylation is 2. The Kier molecular flexibility index (Phi) is 5.14. The third-order valence-corrected chi connectivity index (χ3v) is 3.86. The van der Waals surface area contributed by atoms with Crippen LogP contribution < -0.4 is 4.74 Å². The van der Waals surface area contributed by atoms with Gasteiger partial charge in [-0.25, -0.2) is 0 Å². The molecule has 0 unspecified atom stereocenters. The third-order valence-electron chi connectivity index (χ3n) is 3.86. The van der Waals surface area contributed by atoms with E-state index in [1.165, 1.54) is 13.4 Å². The van der Waals surface area contributed by atoms with Crippen molar-refractivity contribution >= 4 is 5.71 Å². The Balaban J connectivity index is 1.90. The minimum absolute atomic E-state index is 0.418. The first-order valence-corrected chi connectivity index (χ1v) is 7.99. The summed E-state index contributed by atoms with van der Waals surface area (Å²) in [4.78, 5) is 5.00. The number of rotatable bonds is 6. The summed E-state index contributed by atoms with van der Waals surface area (Å²) in [5.41, 5.74) is 5.37. The van der Waals surface area contributed by atoms with Gasteiger partial charge in [-0.05, 0) is 36.6 Å². The Morgan fingerprint density at radius 2 is 1.96 bits per heavy atom. The Morgan fingerprint density at radius 1 is 1.12 bits per heavy atom. The lowest BCUT2D eigenvalue weighted by Crippen LogP contribution is -2.10. The van der Waals surface area contributed by atoms with Crippen LogP contribution in [0.2, 0.25) is 0 Å². The maximum Gasteiger partial charge on any atom is 0.139 e. The van der Waals surface area contributed by atoms with Crippen LogP contribution in [0.3, 0.4) is 0 Å². The zero-order valence-corrected chi connectivity index (χ0v) is 14.5. The summed E-state index contributed by atoms with van der Waals surface area (Å²) >= 11 is 0. The van der Waals surface area contributed by atoms with Crippen LogP contribution in [0.4, 0.5) is 0 Å². The summed E-state index contributed by atoms with van der Waals surface area (Å²) in [5, 5.41) is 8.09. The molecule has 3 aromatic rings. The van der Waals surface area contributed by atoms with Crippen molar-refractivity contribution in [1.29, 1.82) is 0 Å². The Labute approximate surface area is 146 Å². The predicted octanol–water partition coefficient (Wildman–Crippen LogP) is 4.27. The zero-order valence-electron chi connectivity index (χ0n) is 14.5. The van der Waals surface area contributed by atoms with Crippen molar-refractivity contribution in [3.05, 3.63) is 82.7 Å². The minimum Gasteiger partial charge on any atom is -0.489 e. The van der Waals surface area contributed by atoms with Gasteiger partial charge in [0.1, 0.15) is 37.1 Å². The number of benzene rings is 2. The molecule has 0 fully saturated rings. The van der Waals surface area contributed by atoms with Crippen LogP contribution in [0.25, 0.3) is 0 Å². The molecule has 0 atom stereocenters. The fraction of sp³-hybridized carbons (Fsp3) is 0.200. The molecule has 0 spiro atoms. The van der Waals surface area contributed by atoms with E-state index in [4.69, 9.17) is 14.1 Å². The molecule has 5 nitrogen and oxygen atoms in total. The molecule has 0 aliphatic carbocycles. The highest BCUT2D eigenvalue weighted by atomic mass is 16.6. The fourth-order valence-electron chi connectivity index (χ4n) is 2.56. The van der Waals surface area contributed by atoms with Crippen LogP contribution >= 0.6 is 0 Å². The first-order valence-electron chi connectivity index (χ1n) is 7.99. The van der Waals surface area contributed by atoms with Crippen molar-refractivity contribution in [3.63, 3.8) is 0 Å². The molecule has 5 heteroatoms. The predicted molar refractivity (Wildman–Crippen MR) is 95.8 cm³/mol. The molecule has 0 N–H and O–H groups in total. The summed E-state index contributed by atoms with van der Waals surface area (Å²) in [7, 11) is 1.51. The molecule has 128 valence electrons. The number of hydrogen-bond acceptors (Lipinski definition) is 5. The van der Waals surface area contributed by atoms with Crippen LogP contribution in [-0.2, 0) is 11.4 Å². The molecule has 0 aliphatic heterocycles. The van der Waals surface area contributed by atoms with Crippen molar-refractivity contribution in [3.8, 4) is 5.75 Å². The SMILES string of the molecule is CO/N=C(/c1ccon1)c1ccccc1COc1cc(C)ccc1C. The number of ether oxygens (including phenoxy) is 1. The van der Waals surface area contributed by atoms with Gasteiger partial charge < -0.3 is 14.1 Å². The van der Waals surface area contributed by atoms with Crippen molar-refractivity contribution in [2.24, 2.45) is 5.16 Å². The Hall–Kier alpha value is -3.08. The van der Waals surface area contributed by atoms with Gasteiger partial charge in [-0.15, -0.1) is 0 Å². The molecule has 0 amide bonds. The lowest BCUT2D eigenvalue weighted by molar-refractivity contribution is 0.213. The highest BCUT2D eigenvalue weighted by molar-refractivity contribution is 6.12. The first kappa shape index (κ1) is 16.8. The maximum absolute atomic E-state index is 6.05. The average Bonchev–Trinajstić information content (AvgIpc) is 3.15. The average molecular weight is 336 g/mol. The van der Waals surface area contributed by atoms with E-state index in [0.29, 0.717) is 18.0 Å². The molecular weight excluding hydrogens is 316 g/mol. The van der Waals surface area contributed by atoms with E-state index in [1.807, 2.05) is 44.2 Å². The van der Waals surface area contributed by atoms with Gasteiger partial charge in [-0.2, -0.15) is 0 Å². The molecule has 0 bridgehead atoms. The molecule has 0 aliphatic rings. The molecule has 1 heterocycles. The smallest absolute Gasteiger partial charge is 0.139 e. The van der Waals surface area contributed by atoms with Gasteiger partial charge in [0.15, 0.2) is 0 Å². The van der Waals surface area contributed by atoms with Crippen LogP contribution in [0, 0.1) is 13.8 Å². The van der Waals surface area contributed by atoms with Gasteiger partial charge in [-0.1, -0.05) is 46.7 Å². The van der Waals surface area contributed by atoms with E-state index in [2.05, 4.69) is 22.4 Å². The lowest BCUT2D eigenvalue weighted by Gasteiger charge is -2.13. The van der Waals surface area contributed by atoms with Crippen LogP contribution in [0.1, 0.15) is 27.9 Å². The Morgan fingerprint density at radius 3 is 2.72 bits per heavy atom. The summed E-state index contributed by atoms with van der Waals surface area (Å²) in [6.45, 7) is 4.50. The summed E-state index contributed by atoms with van der Waals surface area (Å²) in [5.74, 6) is 0.876. The number of nitrogens with zero attached hydrogens (tertiary/aromatic N) is 2. The van der Waals surface area contributed by atoms with Gasteiger partial charge in [0.25, 0.3) is 0 Å². The van der Waals surface area contributed by atoms with Gasteiger partial charge in [0.05, 0.1) is 0 Å². The molecule has 0 saturated heterocycles. The second kappa shape index (κ2) is 7.66. The largest absolute Gasteiger partial charge is 0.489 e. The van der Waals surface area contributed by atoms with Crippen molar-refractivity contribution in [2.45, 2.75) is 20.5 Å². The zero-order chi connectivity index (χ0) is 17.6. The van der Waals surface area contributed by atoms with Crippen molar-refractivity contribution < 1.29 is 14.1 Å². The third kappa shape index (κ3) is 3.88. The van der Waals surface area contributed by atoms with Crippen LogP contribution in [-0.4, -0.2) is 18.0 Å². The van der Waals surface area contributed by atoms with Gasteiger partial charge in [0.2, 0.25) is 0 Å². The quantitative estimate of drug-likeness (QED) is 0.498. The van der Waals surface area contributed by atoms with Crippen LogP contribution in [0.5, 0.6) is 5.75 Å². The lowest BCUT2D eigenvalue weighted by atomic mass is 10.0. The van der Waals surface area contributed by atoms with E-state index in [9.17, 15) is 0 Å². The van der Waals surface area contributed by atoms with E-state index in [0.717, 1.165) is 28.0 Å². The Bertz CT molecular complexity index is 870. The number of oxime groups is 1. The van der Waals surface area contributed by atoms with Gasteiger partial charge >= 0.3 is 0 Å². The van der Waals surface area contributed by atoms with E-state index >= 15 is 0 Å². The van der Waals surface area contributed by atoms with Gasteiger partial charge in [-0.3, -0.25) is 0 Å². The first-order chi connectivity index (χ1) is 12.2. The number of hydrogen-bond donors (Lipinski definition) is 0. The van der Waals surface area contributed by atoms with E-state index in [1.54, 1.807) is 6.07 Å². The standard InChI is InChI=1S/C20H20N2O3/c1-14-8-9-15(2)19(12-14)24-13-16-6-4-5-7-17(16)20(22-23-3)18-10-11-25-21-18/h4-12H,13H2,1-3H3/b22-20+. The second-order valence-corrected chi connectivity index (χ2v) is 5.72. The molecule has 1 aromatic heterocycles. The molecule has 0 saturated carbocycles. The fourth-order valence-corrected chi connectivity index (χ4v) is 2.56. The molecule has 0 radical (unpaired) electrons. The second-order valence-electron chi connectivity index (χ2n) is 5.72. The van der Waals surface area contributed by atoms with E-state index in [-0.39, 0.29) is 0 Å². The maximum atomic E-state index is 6.05. The normalized spacial score (nSPS) is 11.4. The monoisotopic (exact) mass is 336 g/mol.